The molecule has 0 atom stereocenters. The lowest BCUT2D eigenvalue weighted by atomic mass is 10.1. The van der Waals surface area contributed by atoms with Gasteiger partial charge >= 0.3 is 0 Å². The number of anilines is 1. The number of imidazole rings is 1. The van der Waals surface area contributed by atoms with E-state index in [-0.39, 0.29) is 5.91 Å². The molecule has 3 rings (SSSR count). The van der Waals surface area contributed by atoms with Crippen LogP contribution in [0.15, 0.2) is 59.7 Å². The summed E-state index contributed by atoms with van der Waals surface area (Å²) < 4.78 is 0.768. The summed E-state index contributed by atoms with van der Waals surface area (Å²) in [6.45, 7) is 0. The zero-order valence-electron chi connectivity index (χ0n) is 10.9. The van der Waals surface area contributed by atoms with Gasteiger partial charge in [0.2, 0.25) is 0 Å². The Morgan fingerprint density at radius 1 is 1.10 bits per heavy atom. The molecule has 0 aliphatic rings. The molecule has 0 fully saturated rings. The number of pyridine rings is 1. The van der Waals surface area contributed by atoms with Gasteiger partial charge in [-0.3, -0.25) is 9.78 Å². The fourth-order valence-corrected chi connectivity index (χ4v) is 2.25. The van der Waals surface area contributed by atoms with Gasteiger partial charge in [0.25, 0.3) is 5.91 Å². The maximum absolute atomic E-state index is 12.1. The van der Waals surface area contributed by atoms with E-state index < -0.39 is 0 Å². The zero-order valence-corrected chi connectivity index (χ0v) is 12.5. The summed E-state index contributed by atoms with van der Waals surface area (Å²) in [5, 5.41) is 2.83. The van der Waals surface area contributed by atoms with Crippen molar-refractivity contribution in [3.8, 4) is 11.3 Å². The molecular formula is C15H11BrN4O. The molecule has 0 saturated carbocycles. The molecule has 0 aliphatic heterocycles. The first-order valence-electron chi connectivity index (χ1n) is 6.23. The molecule has 0 aliphatic carbocycles. The number of benzene rings is 1. The second-order valence-corrected chi connectivity index (χ2v) is 5.30. The Morgan fingerprint density at radius 2 is 1.90 bits per heavy atom. The molecule has 0 radical (unpaired) electrons. The van der Waals surface area contributed by atoms with Gasteiger partial charge < -0.3 is 10.3 Å². The summed E-state index contributed by atoms with van der Waals surface area (Å²) in [5.41, 5.74) is 3.17. The lowest BCUT2D eigenvalue weighted by molar-refractivity contribution is 0.102. The van der Waals surface area contributed by atoms with Gasteiger partial charge in [0.05, 0.1) is 23.8 Å². The number of aromatic amines is 1. The number of H-pyrrole nitrogens is 1. The number of amides is 1. The number of halogens is 1. The van der Waals surface area contributed by atoms with Crippen molar-refractivity contribution in [1.29, 1.82) is 0 Å². The van der Waals surface area contributed by atoms with Crippen molar-refractivity contribution >= 4 is 27.5 Å². The van der Waals surface area contributed by atoms with E-state index in [4.69, 9.17) is 0 Å². The van der Waals surface area contributed by atoms with E-state index in [1.54, 1.807) is 24.8 Å². The number of rotatable bonds is 3. The first-order chi connectivity index (χ1) is 10.2. The number of carbonyl (C=O) groups is 1. The Balaban J connectivity index is 1.75. The van der Waals surface area contributed by atoms with Crippen molar-refractivity contribution in [3.05, 3.63) is 65.3 Å². The van der Waals surface area contributed by atoms with Crippen LogP contribution in [0.5, 0.6) is 0 Å². The number of nitrogens with one attached hydrogen (secondary N) is 2. The second-order valence-electron chi connectivity index (χ2n) is 4.39. The minimum Gasteiger partial charge on any atom is -0.345 e. The van der Waals surface area contributed by atoms with Crippen molar-refractivity contribution < 1.29 is 4.79 Å². The van der Waals surface area contributed by atoms with E-state index >= 15 is 0 Å². The molecule has 21 heavy (non-hydrogen) atoms. The summed E-state index contributed by atoms with van der Waals surface area (Å²) in [6, 6.07) is 9.25. The van der Waals surface area contributed by atoms with Gasteiger partial charge in [-0.2, -0.15) is 0 Å². The number of hydrogen-bond acceptors (Lipinski definition) is 3. The largest absolute Gasteiger partial charge is 0.345 e. The molecule has 0 bridgehead atoms. The summed E-state index contributed by atoms with van der Waals surface area (Å²) in [7, 11) is 0. The molecular weight excluding hydrogens is 332 g/mol. The van der Waals surface area contributed by atoms with Gasteiger partial charge in [0.1, 0.15) is 0 Å². The Hall–Kier alpha value is -2.47. The Kier molecular flexibility index (Phi) is 3.79. The quantitative estimate of drug-likeness (QED) is 0.765. The third-order valence-electron chi connectivity index (χ3n) is 2.92. The van der Waals surface area contributed by atoms with Gasteiger partial charge in [-0.1, -0.05) is 12.1 Å². The second kappa shape index (κ2) is 5.88. The molecule has 2 heterocycles. The fourth-order valence-electron chi connectivity index (χ4n) is 1.89. The SMILES string of the molecule is O=C(Nc1ccc(-c2cnc[nH]2)cc1)c1cncc(Br)c1. The molecule has 5 nitrogen and oxygen atoms in total. The van der Waals surface area contributed by atoms with Crippen LogP contribution < -0.4 is 5.32 Å². The monoisotopic (exact) mass is 342 g/mol. The average Bonchev–Trinajstić information content (AvgIpc) is 3.02. The van der Waals surface area contributed by atoms with E-state index in [1.807, 2.05) is 24.3 Å². The highest BCUT2D eigenvalue weighted by molar-refractivity contribution is 9.10. The highest BCUT2D eigenvalue weighted by Gasteiger charge is 2.07. The number of hydrogen-bond donors (Lipinski definition) is 2. The van der Waals surface area contributed by atoms with Gasteiger partial charge in [-0.15, -0.1) is 0 Å². The summed E-state index contributed by atoms with van der Waals surface area (Å²) in [5.74, 6) is -0.196. The number of aromatic nitrogens is 3. The Bertz CT molecular complexity index is 754. The van der Waals surface area contributed by atoms with Crippen molar-refractivity contribution in [2.24, 2.45) is 0 Å². The third kappa shape index (κ3) is 3.17. The van der Waals surface area contributed by atoms with Crippen LogP contribution in [-0.2, 0) is 0 Å². The maximum Gasteiger partial charge on any atom is 0.257 e. The van der Waals surface area contributed by atoms with Crippen LogP contribution >= 0.6 is 15.9 Å². The molecule has 6 heteroatoms. The molecule has 0 saturated heterocycles. The minimum atomic E-state index is -0.196. The normalized spacial score (nSPS) is 10.3. The summed E-state index contributed by atoms with van der Waals surface area (Å²) in [4.78, 5) is 23.1. The van der Waals surface area contributed by atoms with Crippen LogP contribution in [0.25, 0.3) is 11.3 Å². The summed E-state index contributed by atoms with van der Waals surface area (Å²) in [6.07, 6.45) is 6.54. The molecule has 1 amide bonds. The van der Waals surface area contributed by atoms with E-state index in [0.717, 1.165) is 21.4 Å². The molecule has 1 aromatic carbocycles. The average molecular weight is 343 g/mol. The van der Waals surface area contributed by atoms with Gasteiger partial charge in [0.15, 0.2) is 0 Å². The lowest BCUT2D eigenvalue weighted by Gasteiger charge is -2.06. The van der Waals surface area contributed by atoms with Crippen molar-refractivity contribution in [2.45, 2.75) is 0 Å². The molecule has 3 aromatic rings. The number of carbonyl (C=O) groups excluding carboxylic acids is 1. The fraction of sp³-hybridized carbons (Fsp3) is 0. The van der Waals surface area contributed by atoms with Crippen molar-refractivity contribution in [1.82, 2.24) is 15.0 Å². The Morgan fingerprint density at radius 3 is 2.57 bits per heavy atom. The van der Waals surface area contributed by atoms with E-state index in [1.165, 1.54) is 6.20 Å². The molecule has 2 aromatic heterocycles. The van der Waals surface area contributed by atoms with Crippen LogP contribution in [0.4, 0.5) is 5.69 Å². The van der Waals surface area contributed by atoms with Gasteiger partial charge in [-0.25, -0.2) is 4.98 Å². The topological polar surface area (TPSA) is 70.7 Å². The standard InChI is InChI=1S/C15H11BrN4O/c16-12-5-11(6-17-7-12)15(21)20-13-3-1-10(2-4-13)14-8-18-9-19-14/h1-9H,(H,18,19)(H,20,21). The van der Waals surface area contributed by atoms with E-state index in [9.17, 15) is 4.79 Å². The molecule has 2 N–H and O–H groups in total. The van der Waals surface area contributed by atoms with Crippen molar-refractivity contribution in [2.75, 3.05) is 5.32 Å². The predicted molar refractivity (Wildman–Crippen MR) is 83.9 cm³/mol. The first-order valence-corrected chi connectivity index (χ1v) is 7.02. The Labute approximate surface area is 129 Å². The highest BCUT2D eigenvalue weighted by atomic mass is 79.9. The lowest BCUT2D eigenvalue weighted by Crippen LogP contribution is -2.12. The van der Waals surface area contributed by atoms with E-state index in [0.29, 0.717) is 5.56 Å². The number of nitrogens with zero attached hydrogens (tertiary/aromatic N) is 2. The maximum atomic E-state index is 12.1. The van der Waals surface area contributed by atoms with Crippen LogP contribution in [0.2, 0.25) is 0 Å². The third-order valence-corrected chi connectivity index (χ3v) is 3.35. The first kappa shape index (κ1) is 13.5. The predicted octanol–water partition coefficient (Wildman–Crippen LogP) is 3.49. The minimum absolute atomic E-state index is 0.196. The smallest absolute Gasteiger partial charge is 0.257 e. The van der Waals surface area contributed by atoms with Gasteiger partial charge in [0, 0.05) is 22.6 Å². The molecule has 0 spiro atoms. The molecule has 0 unspecified atom stereocenters. The zero-order chi connectivity index (χ0) is 14.7. The highest BCUT2D eigenvalue weighted by Crippen LogP contribution is 2.19. The molecule has 104 valence electrons. The van der Waals surface area contributed by atoms with Crippen molar-refractivity contribution in [3.63, 3.8) is 0 Å². The van der Waals surface area contributed by atoms with Crippen LogP contribution in [0.1, 0.15) is 10.4 Å². The van der Waals surface area contributed by atoms with Gasteiger partial charge in [-0.05, 0) is 39.7 Å². The van der Waals surface area contributed by atoms with Crippen LogP contribution in [0.3, 0.4) is 0 Å². The summed E-state index contributed by atoms with van der Waals surface area (Å²) >= 11 is 3.30. The van der Waals surface area contributed by atoms with E-state index in [2.05, 4.69) is 36.2 Å². The van der Waals surface area contributed by atoms with Crippen LogP contribution in [0, 0.1) is 0 Å². The van der Waals surface area contributed by atoms with Crippen LogP contribution in [-0.4, -0.2) is 20.9 Å².